The summed E-state index contributed by atoms with van der Waals surface area (Å²) in [5.41, 5.74) is 2.71. The van der Waals surface area contributed by atoms with Gasteiger partial charge in [0, 0.05) is 13.1 Å². The highest BCUT2D eigenvalue weighted by molar-refractivity contribution is 5.85. The van der Waals surface area contributed by atoms with Gasteiger partial charge in [-0.3, -0.25) is 0 Å². The molecule has 2 aromatic rings. The van der Waals surface area contributed by atoms with Crippen molar-refractivity contribution in [2.24, 2.45) is 0 Å². The second kappa shape index (κ2) is 4.65. The lowest BCUT2D eigenvalue weighted by Crippen LogP contribution is -2.23. The Hall–Kier alpha value is -2.85. The summed E-state index contributed by atoms with van der Waals surface area (Å²) in [5, 5.41) is 37.9. The van der Waals surface area contributed by atoms with E-state index in [9.17, 15) is 15.5 Å². The van der Waals surface area contributed by atoms with E-state index in [2.05, 4.69) is 16.7 Å². The van der Waals surface area contributed by atoms with Crippen LogP contribution >= 0.6 is 0 Å². The molecule has 4 heterocycles. The molecule has 26 heavy (non-hydrogen) atoms. The Bertz CT molecular complexity index is 966. The summed E-state index contributed by atoms with van der Waals surface area (Å²) >= 11 is 0. The minimum Gasteiger partial charge on any atom is -0.494 e. The second-order valence-corrected chi connectivity index (χ2v) is 7.64. The van der Waals surface area contributed by atoms with E-state index in [0.29, 0.717) is 46.8 Å². The van der Waals surface area contributed by atoms with Gasteiger partial charge in [0.05, 0.1) is 45.0 Å². The number of nitriles is 1. The average Bonchev–Trinajstić information content (AvgIpc) is 3.18. The fourth-order valence-electron chi connectivity index (χ4n) is 4.81. The molecular weight excluding hydrogens is 332 g/mol. The monoisotopic (exact) mass is 352 g/mol. The predicted octanol–water partition coefficient (Wildman–Crippen LogP) is 2.85. The quantitative estimate of drug-likeness (QED) is 0.629. The lowest BCUT2D eigenvalue weighted by atomic mass is 9.80. The van der Waals surface area contributed by atoms with Gasteiger partial charge in [-0.05, 0) is 38.8 Å². The van der Waals surface area contributed by atoms with Crippen LogP contribution in [0.2, 0.25) is 0 Å². The van der Waals surface area contributed by atoms with Crippen LogP contribution in [-0.2, 0) is 15.9 Å². The molecule has 7 heteroatoms. The van der Waals surface area contributed by atoms with Crippen molar-refractivity contribution >= 4 is 11.4 Å². The molecule has 0 unspecified atom stereocenters. The van der Waals surface area contributed by atoms with Crippen molar-refractivity contribution in [1.29, 1.82) is 5.26 Å². The third-order valence-corrected chi connectivity index (χ3v) is 5.98. The molecular formula is C19H20N4O3. The fraction of sp³-hybridized carbons (Fsp3) is 0.421. The van der Waals surface area contributed by atoms with Crippen LogP contribution in [0.3, 0.4) is 0 Å². The van der Waals surface area contributed by atoms with Gasteiger partial charge in [-0.15, -0.1) is 0 Å². The first kappa shape index (κ1) is 15.4. The molecule has 4 N–H and O–H groups in total. The van der Waals surface area contributed by atoms with Crippen molar-refractivity contribution in [3.05, 3.63) is 28.8 Å². The summed E-state index contributed by atoms with van der Waals surface area (Å²) in [6.45, 7) is 5.31. The summed E-state index contributed by atoms with van der Waals surface area (Å²) < 4.78 is 7.62. The van der Waals surface area contributed by atoms with Crippen molar-refractivity contribution in [2.75, 3.05) is 23.7 Å². The molecule has 134 valence electrons. The largest absolute Gasteiger partial charge is 0.494 e. The van der Waals surface area contributed by atoms with Gasteiger partial charge in [0.2, 0.25) is 11.8 Å². The van der Waals surface area contributed by atoms with Gasteiger partial charge >= 0.3 is 0 Å². The molecule has 2 atom stereocenters. The van der Waals surface area contributed by atoms with Crippen LogP contribution in [0, 0.1) is 11.3 Å². The Balaban J connectivity index is 1.80. The normalized spacial score (nSPS) is 28.0. The molecule has 1 aromatic heterocycles. The first-order valence-electron chi connectivity index (χ1n) is 8.82. The van der Waals surface area contributed by atoms with E-state index in [1.54, 1.807) is 12.1 Å². The van der Waals surface area contributed by atoms with Crippen molar-refractivity contribution < 1.29 is 14.9 Å². The maximum Gasteiger partial charge on any atom is 0.205 e. The topological polar surface area (TPSA) is 102 Å². The molecule has 1 fully saturated rings. The minimum atomic E-state index is -0.588. The number of nitrogens with zero attached hydrogens (tertiary/aromatic N) is 2. The van der Waals surface area contributed by atoms with Crippen LogP contribution in [0.4, 0.5) is 11.4 Å². The molecule has 5 rings (SSSR count). The van der Waals surface area contributed by atoms with Crippen LogP contribution in [-0.4, -0.2) is 27.9 Å². The number of hydrogen-bond donors (Lipinski definition) is 4. The van der Waals surface area contributed by atoms with E-state index in [1.807, 2.05) is 13.8 Å². The number of anilines is 2. The summed E-state index contributed by atoms with van der Waals surface area (Å²) in [7, 11) is 0. The summed E-state index contributed by atoms with van der Waals surface area (Å²) in [4.78, 5) is 0. The molecule has 3 aliphatic heterocycles. The Labute approximate surface area is 150 Å². The summed E-state index contributed by atoms with van der Waals surface area (Å²) in [6, 6.07) is 5.63. The van der Waals surface area contributed by atoms with Crippen LogP contribution in [0.5, 0.6) is 11.8 Å². The van der Waals surface area contributed by atoms with E-state index in [1.165, 1.54) is 4.57 Å². The number of nitrogens with one attached hydrogen (secondary N) is 2. The highest BCUT2D eigenvalue weighted by Crippen LogP contribution is 2.64. The van der Waals surface area contributed by atoms with E-state index >= 15 is 0 Å². The fourth-order valence-corrected chi connectivity index (χ4v) is 4.81. The second-order valence-electron chi connectivity index (χ2n) is 7.64. The van der Waals surface area contributed by atoms with E-state index < -0.39 is 11.2 Å². The van der Waals surface area contributed by atoms with Gasteiger partial charge in [-0.1, -0.05) is 0 Å². The average molecular weight is 352 g/mol. The van der Waals surface area contributed by atoms with Crippen LogP contribution < -0.4 is 10.6 Å². The number of fused-ring (bicyclic) bond motifs is 6. The van der Waals surface area contributed by atoms with Crippen LogP contribution in [0.1, 0.15) is 43.4 Å². The Morgan fingerprint density at radius 1 is 1.04 bits per heavy atom. The van der Waals surface area contributed by atoms with Gasteiger partial charge in [-0.2, -0.15) is 5.26 Å². The van der Waals surface area contributed by atoms with Gasteiger partial charge in [0.25, 0.3) is 0 Å². The first-order valence-corrected chi connectivity index (χ1v) is 8.82. The standard InChI is InChI=1S/C19H20N4O3/c1-18-5-6-19(2,26-18)13-12(18)16(24)23(17(13)25)11-4-3-10(9-20)14-15(11)22-8-7-21-14/h3-4,21-22,24-25H,5-8H2,1-2H3/t18-,19+. The number of aromatic hydroxyl groups is 2. The predicted molar refractivity (Wildman–Crippen MR) is 95.8 cm³/mol. The molecule has 1 aromatic carbocycles. The number of hydrogen-bond acceptors (Lipinski definition) is 6. The van der Waals surface area contributed by atoms with Gasteiger partial charge in [0.15, 0.2) is 0 Å². The number of benzene rings is 1. The maximum absolute atomic E-state index is 11.0. The van der Waals surface area contributed by atoms with E-state index in [0.717, 1.165) is 12.8 Å². The summed E-state index contributed by atoms with van der Waals surface area (Å²) in [6.07, 6.45) is 1.61. The number of ether oxygens (including phenoxy) is 1. The highest BCUT2D eigenvalue weighted by atomic mass is 16.5. The molecule has 0 amide bonds. The van der Waals surface area contributed by atoms with Crippen LogP contribution in [0.25, 0.3) is 5.69 Å². The molecule has 1 saturated heterocycles. The van der Waals surface area contributed by atoms with Crippen molar-refractivity contribution in [1.82, 2.24) is 4.57 Å². The molecule has 3 aliphatic rings. The lowest BCUT2D eigenvalue weighted by molar-refractivity contribution is -0.0683. The third-order valence-electron chi connectivity index (χ3n) is 5.98. The third kappa shape index (κ3) is 1.65. The van der Waals surface area contributed by atoms with E-state index in [4.69, 9.17) is 4.74 Å². The van der Waals surface area contributed by atoms with Crippen molar-refractivity contribution in [3.8, 4) is 23.5 Å². The zero-order valence-corrected chi connectivity index (χ0v) is 14.7. The summed E-state index contributed by atoms with van der Waals surface area (Å²) in [5.74, 6) is 0.00501. The Kier molecular flexibility index (Phi) is 2.76. The number of aromatic nitrogens is 1. The molecule has 0 aliphatic carbocycles. The molecule has 0 saturated carbocycles. The van der Waals surface area contributed by atoms with Crippen molar-refractivity contribution in [3.63, 3.8) is 0 Å². The maximum atomic E-state index is 11.0. The Morgan fingerprint density at radius 3 is 2.19 bits per heavy atom. The minimum absolute atomic E-state index is 0.00251. The zero-order valence-electron chi connectivity index (χ0n) is 14.7. The number of rotatable bonds is 1. The lowest BCUT2D eigenvalue weighted by Gasteiger charge is -2.25. The molecule has 7 nitrogen and oxygen atoms in total. The van der Waals surface area contributed by atoms with Crippen molar-refractivity contribution in [2.45, 2.75) is 37.9 Å². The van der Waals surface area contributed by atoms with Gasteiger partial charge in [-0.25, -0.2) is 4.57 Å². The van der Waals surface area contributed by atoms with Gasteiger partial charge < -0.3 is 25.6 Å². The Morgan fingerprint density at radius 2 is 1.62 bits per heavy atom. The van der Waals surface area contributed by atoms with Gasteiger partial charge in [0.1, 0.15) is 6.07 Å². The first-order chi connectivity index (χ1) is 12.4. The SMILES string of the molecule is C[C@]12CC[C@](C)(O1)c1c2c(O)n(-c2ccc(C#N)c3c2NCCN3)c1O. The molecule has 2 bridgehead atoms. The zero-order chi connectivity index (χ0) is 18.3. The van der Waals surface area contributed by atoms with Crippen LogP contribution in [0.15, 0.2) is 12.1 Å². The molecule has 0 radical (unpaired) electrons. The highest BCUT2D eigenvalue weighted by Gasteiger charge is 2.59. The smallest absolute Gasteiger partial charge is 0.205 e. The van der Waals surface area contributed by atoms with E-state index in [-0.39, 0.29) is 11.8 Å². The molecule has 0 spiro atoms.